The molecule has 2 aliphatic carbocycles. The predicted octanol–water partition coefficient (Wildman–Crippen LogP) is 2.83. The lowest BCUT2D eigenvalue weighted by Crippen LogP contribution is -2.34. The molecule has 0 radical (unpaired) electrons. The Hall–Kier alpha value is -5.40. The van der Waals surface area contributed by atoms with Crippen LogP contribution in [0.3, 0.4) is 0 Å². The minimum absolute atomic E-state index is 0.135. The number of nitrogens with one attached hydrogen (secondary N) is 4. The summed E-state index contributed by atoms with van der Waals surface area (Å²) < 4.78 is 3.71. The van der Waals surface area contributed by atoms with Crippen LogP contribution >= 0.6 is 0 Å². The van der Waals surface area contributed by atoms with Crippen LogP contribution in [0.1, 0.15) is 81.2 Å². The van der Waals surface area contributed by atoms with E-state index >= 15 is 0 Å². The Morgan fingerprint density at radius 2 is 1.04 bits per heavy atom. The molecule has 0 spiro atoms. The van der Waals surface area contributed by atoms with Crippen molar-refractivity contribution in [3.63, 3.8) is 0 Å². The first-order valence-electron chi connectivity index (χ1n) is 16.4. The quantitative estimate of drug-likeness (QED) is 0.101. The molecular weight excluding hydrogens is 612 g/mol. The molecule has 2 saturated carbocycles. The number of aromatic nitrogens is 2. The van der Waals surface area contributed by atoms with Gasteiger partial charge in [0.05, 0.1) is 24.5 Å². The minimum atomic E-state index is -0.380. The molecule has 3 aromatic rings. The molecule has 2 aliphatic rings. The molecule has 0 unspecified atom stereocenters. The van der Waals surface area contributed by atoms with Crippen LogP contribution in [0.5, 0.6) is 0 Å². The Balaban J connectivity index is 1.21. The van der Waals surface area contributed by atoms with Crippen molar-refractivity contribution in [2.75, 3.05) is 36.8 Å². The summed E-state index contributed by atoms with van der Waals surface area (Å²) in [5, 5.41) is 11.3. The smallest absolute Gasteiger partial charge is 0.268 e. The van der Waals surface area contributed by atoms with Gasteiger partial charge in [-0.05, 0) is 87.8 Å². The fraction of sp³-hybridized carbons (Fsp3) is 0.412. The number of hydrogen-bond donors (Lipinski definition) is 6. The highest BCUT2D eigenvalue weighted by molar-refractivity contribution is 6.08. The Labute approximate surface area is 279 Å². The summed E-state index contributed by atoms with van der Waals surface area (Å²) in [4.78, 5) is 60.3. The van der Waals surface area contributed by atoms with Gasteiger partial charge < -0.3 is 41.9 Å². The van der Waals surface area contributed by atoms with E-state index in [1.54, 1.807) is 48.8 Å². The van der Waals surface area contributed by atoms with E-state index in [0.717, 1.165) is 25.7 Å². The van der Waals surface area contributed by atoms with E-state index in [0.29, 0.717) is 83.6 Å². The second-order valence-corrected chi connectivity index (χ2v) is 12.2. The van der Waals surface area contributed by atoms with E-state index in [2.05, 4.69) is 31.3 Å². The average Bonchev–Trinajstić information content (AvgIpc) is 3.99. The number of rotatable bonds is 16. The van der Waals surface area contributed by atoms with Gasteiger partial charge in [0.15, 0.2) is 0 Å². The highest BCUT2D eigenvalue weighted by Gasteiger charge is 2.26. The summed E-state index contributed by atoms with van der Waals surface area (Å²) in [6, 6.07) is 9.54. The second kappa shape index (κ2) is 15.5. The summed E-state index contributed by atoms with van der Waals surface area (Å²) >= 11 is 0. The fourth-order valence-electron chi connectivity index (χ4n) is 5.22. The summed E-state index contributed by atoms with van der Waals surface area (Å²) in [6.07, 6.45) is 7.92. The molecule has 2 heterocycles. The van der Waals surface area contributed by atoms with Crippen LogP contribution in [0.2, 0.25) is 0 Å². The van der Waals surface area contributed by atoms with Gasteiger partial charge in [-0.1, -0.05) is 0 Å². The largest absolute Gasteiger partial charge is 0.386 e. The molecule has 4 amide bonds. The highest BCUT2D eigenvalue weighted by atomic mass is 16.2. The molecule has 14 heteroatoms. The molecule has 8 N–H and O–H groups in total. The zero-order valence-electron chi connectivity index (χ0n) is 27.4. The molecule has 14 nitrogen and oxygen atoms in total. The first-order valence-corrected chi connectivity index (χ1v) is 16.4. The third-order valence-electron chi connectivity index (χ3n) is 8.07. The zero-order valence-corrected chi connectivity index (χ0v) is 27.4. The van der Waals surface area contributed by atoms with E-state index in [-0.39, 0.29) is 36.7 Å². The van der Waals surface area contributed by atoms with Gasteiger partial charge in [-0.15, -0.1) is 0 Å². The molecule has 254 valence electrons. The van der Waals surface area contributed by atoms with E-state index < -0.39 is 0 Å². The van der Waals surface area contributed by atoms with Gasteiger partial charge >= 0.3 is 0 Å². The monoisotopic (exact) mass is 656 g/mol. The molecule has 2 fully saturated rings. The number of hydrogen-bond acceptors (Lipinski definition) is 6. The number of amides is 4. The van der Waals surface area contributed by atoms with Gasteiger partial charge in [-0.3, -0.25) is 29.2 Å². The number of benzene rings is 1. The van der Waals surface area contributed by atoms with Crippen LogP contribution in [-0.2, 0) is 13.1 Å². The van der Waals surface area contributed by atoms with Crippen molar-refractivity contribution >= 4 is 46.7 Å². The lowest BCUT2D eigenvalue weighted by Gasteiger charge is -2.09. The number of anilines is 2. The SMILES string of the molecule is CCN=C(N)CNC(=O)c1cc(NC(=O)c2ccc(C(=O)Nc3cc(C(=O)NCC(N)=NCC)n(CC4CC4)c3)cc2)cn1CC1CC1. The lowest BCUT2D eigenvalue weighted by atomic mass is 10.1. The lowest BCUT2D eigenvalue weighted by molar-refractivity contribution is 0.0941. The van der Waals surface area contributed by atoms with Gasteiger partial charge in [-0.25, -0.2) is 0 Å². The zero-order chi connectivity index (χ0) is 34.2. The average molecular weight is 657 g/mol. The van der Waals surface area contributed by atoms with Crippen LogP contribution < -0.4 is 32.7 Å². The van der Waals surface area contributed by atoms with Crippen molar-refractivity contribution < 1.29 is 19.2 Å². The van der Waals surface area contributed by atoms with Gasteiger partial charge in [-0.2, -0.15) is 0 Å². The molecule has 0 aliphatic heterocycles. The fourth-order valence-corrected chi connectivity index (χ4v) is 5.22. The Kier molecular flexibility index (Phi) is 10.9. The Morgan fingerprint density at radius 3 is 1.38 bits per heavy atom. The van der Waals surface area contributed by atoms with Crippen molar-refractivity contribution in [3.8, 4) is 0 Å². The number of carbonyl (C=O) groups is 4. The summed E-state index contributed by atoms with van der Waals surface area (Å²) in [6.45, 7) is 6.42. The third-order valence-corrected chi connectivity index (χ3v) is 8.07. The molecule has 1 aromatic carbocycles. The maximum absolute atomic E-state index is 13.1. The number of carbonyl (C=O) groups excluding carboxylic acids is 4. The van der Waals surface area contributed by atoms with Crippen molar-refractivity contribution in [2.45, 2.75) is 52.6 Å². The standard InChI is InChI=1S/C34H44N10O4/c1-3-37-29(35)15-39-33(47)27-13-25(19-43(27)17-21-5-6-21)41-31(45)23-9-11-24(12-10-23)32(46)42-26-14-28(44(20-26)18-22-7-8-22)34(48)40-16-30(36)38-4-2/h9-14,19-22H,3-8,15-18H2,1-2H3,(H2,35,37)(H2,36,38)(H,39,47)(H,40,48)(H,41,45)(H,42,46). The van der Waals surface area contributed by atoms with E-state index in [4.69, 9.17) is 11.5 Å². The normalized spacial score (nSPS) is 14.8. The molecule has 48 heavy (non-hydrogen) atoms. The van der Waals surface area contributed by atoms with Crippen molar-refractivity contribution in [2.24, 2.45) is 33.3 Å². The molecular formula is C34H44N10O4. The number of aliphatic imine (C=N–C) groups is 2. The highest BCUT2D eigenvalue weighted by Crippen LogP contribution is 2.33. The van der Waals surface area contributed by atoms with Gasteiger partial charge in [0.2, 0.25) is 0 Å². The topological polar surface area (TPSA) is 203 Å². The minimum Gasteiger partial charge on any atom is -0.386 e. The second-order valence-electron chi connectivity index (χ2n) is 12.2. The van der Waals surface area contributed by atoms with Crippen LogP contribution in [0.25, 0.3) is 0 Å². The Morgan fingerprint density at radius 1 is 0.667 bits per heavy atom. The maximum atomic E-state index is 13.1. The maximum Gasteiger partial charge on any atom is 0.268 e. The number of nitrogens with two attached hydrogens (primary N) is 2. The molecule has 2 aromatic heterocycles. The van der Waals surface area contributed by atoms with E-state index in [1.807, 2.05) is 23.0 Å². The molecule has 0 saturated heterocycles. The number of amidine groups is 2. The van der Waals surface area contributed by atoms with Gasteiger partial charge in [0.25, 0.3) is 23.6 Å². The number of nitrogens with zero attached hydrogens (tertiary/aromatic N) is 4. The Bertz CT molecular complexity index is 1590. The third kappa shape index (κ3) is 9.33. The van der Waals surface area contributed by atoms with Crippen molar-refractivity contribution in [3.05, 3.63) is 71.3 Å². The van der Waals surface area contributed by atoms with Crippen LogP contribution in [0.15, 0.2) is 58.8 Å². The molecule has 0 atom stereocenters. The predicted molar refractivity (Wildman–Crippen MR) is 186 cm³/mol. The van der Waals surface area contributed by atoms with E-state index in [1.165, 1.54) is 0 Å². The first kappa shape index (κ1) is 33.9. The van der Waals surface area contributed by atoms with Gasteiger partial charge in [0.1, 0.15) is 23.1 Å². The van der Waals surface area contributed by atoms with Crippen LogP contribution in [0.4, 0.5) is 11.4 Å². The molecule has 5 rings (SSSR count). The molecule has 0 bridgehead atoms. The van der Waals surface area contributed by atoms with Crippen LogP contribution in [-0.4, -0.2) is 70.6 Å². The summed E-state index contributed by atoms with van der Waals surface area (Å²) in [5.41, 5.74) is 14.2. The summed E-state index contributed by atoms with van der Waals surface area (Å²) in [5.74, 6) is 0.326. The van der Waals surface area contributed by atoms with Crippen molar-refractivity contribution in [1.29, 1.82) is 0 Å². The van der Waals surface area contributed by atoms with Crippen LogP contribution in [0, 0.1) is 11.8 Å². The van der Waals surface area contributed by atoms with Gasteiger partial charge in [0, 0.05) is 49.7 Å². The first-order chi connectivity index (χ1) is 23.1. The van der Waals surface area contributed by atoms with Crippen molar-refractivity contribution in [1.82, 2.24) is 19.8 Å². The van der Waals surface area contributed by atoms with E-state index in [9.17, 15) is 19.2 Å². The summed E-state index contributed by atoms with van der Waals surface area (Å²) in [7, 11) is 0.